The molecule has 1 amide bonds. The Morgan fingerprint density at radius 2 is 2.06 bits per heavy atom. The van der Waals surface area contributed by atoms with E-state index in [0.29, 0.717) is 19.0 Å². The topological polar surface area (TPSA) is 75.3 Å². The van der Waals surface area contributed by atoms with Crippen LogP contribution in [0, 0.1) is 11.8 Å². The van der Waals surface area contributed by atoms with Crippen LogP contribution in [0.5, 0.6) is 0 Å². The molecule has 0 aliphatic rings. The van der Waals surface area contributed by atoms with Gasteiger partial charge in [0.2, 0.25) is 5.91 Å². The maximum absolute atomic E-state index is 11.7. The van der Waals surface area contributed by atoms with Crippen LogP contribution >= 0.6 is 0 Å². The maximum atomic E-state index is 11.7. The molecule has 0 aromatic carbocycles. The fraction of sp³-hybridized carbons (Fsp3) is 0.917. The van der Waals surface area contributed by atoms with Gasteiger partial charge < -0.3 is 16.2 Å². The van der Waals surface area contributed by atoms with Crippen LogP contribution in [-0.4, -0.2) is 30.2 Å². The third-order valence-electron chi connectivity index (χ3n) is 2.55. The van der Waals surface area contributed by atoms with Gasteiger partial charge >= 0.3 is 0 Å². The highest BCUT2D eigenvalue weighted by atomic mass is 16.3. The van der Waals surface area contributed by atoms with Gasteiger partial charge in [0.15, 0.2) is 0 Å². The molecular weight excluding hydrogens is 204 g/mol. The summed E-state index contributed by atoms with van der Waals surface area (Å²) >= 11 is 0. The Kier molecular flexibility index (Phi) is 8.21. The van der Waals surface area contributed by atoms with Crippen molar-refractivity contribution in [2.24, 2.45) is 17.6 Å². The Morgan fingerprint density at radius 1 is 1.44 bits per heavy atom. The van der Waals surface area contributed by atoms with Gasteiger partial charge in [0.05, 0.1) is 12.0 Å². The zero-order valence-corrected chi connectivity index (χ0v) is 10.7. The van der Waals surface area contributed by atoms with Crippen molar-refractivity contribution in [1.29, 1.82) is 0 Å². The molecule has 2 unspecified atom stereocenters. The lowest BCUT2D eigenvalue weighted by molar-refractivity contribution is -0.125. The predicted molar refractivity (Wildman–Crippen MR) is 65.9 cm³/mol. The highest BCUT2D eigenvalue weighted by molar-refractivity contribution is 5.78. The molecule has 16 heavy (non-hydrogen) atoms. The summed E-state index contributed by atoms with van der Waals surface area (Å²) < 4.78 is 0. The average Bonchev–Trinajstić information content (AvgIpc) is 2.22. The molecule has 4 heteroatoms. The zero-order chi connectivity index (χ0) is 12.6. The lowest BCUT2D eigenvalue weighted by Gasteiger charge is -2.18. The van der Waals surface area contributed by atoms with Crippen molar-refractivity contribution in [1.82, 2.24) is 5.32 Å². The molecule has 0 saturated carbocycles. The first-order valence-electron chi connectivity index (χ1n) is 6.17. The number of nitrogens with two attached hydrogens (primary N) is 1. The standard InChI is InChI=1S/C12H26N2O2/c1-4-5-11(15)8-14-12(16)10(7-13)6-9(2)3/h9-11,15H,4-8,13H2,1-3H3,(H,14,16). The first kappa shape index (κ1) is 15.4. The van der Waals surface area contributed by atoms with Gasteiger partial charge in [-0.15, -0.1) is 0 Å². The smallest absolute Gasteiger partial charge is 0.224 e. The van der Waals surface area contributed by atoms with E-state index in [1.165, 1.54) is 0 Å². The van der Waals surface area contributed by atoms with Crippen molar-refractivity contribution in [2.45, 2.75) is 46.1 Å². The van der Waals surface area contributed by atoms with Crippen LogP contribution in [0.25, 0.3) is 0 Å². The normalized spacial score (nSPS) is 14.9. The van der Waals surface area contributed by atoms with Crippen LogP contribution in [0.3, 0.4) is 0 Å². The summed E-state index contributed by atoms with van der Waals surface area (Å²) in [6, 6.07) is 0. The fourth-order valence-corrected chi connectivity index (χ4v) is 1.68. The predicted octanol–water partition coefficient (Wildman–Crippen LogP) is 0.885. The van der Waals surface area contributed by atoms with Gasteiger partial charge in [0, 0.05) is 13.1 Å². The molecule has 2 atom stereocenters. The molecule has 0 aliphatic heterocycles. The minimum Gasteiger partial charge on any atom is -0.391 e. The molecule has 4 nitrogen and oxygen atoms in total. The number of aliphatic hydroxyl groups is 1. The van der Waals surface area contributed by atoms with E-state index in [9.17, 15) is 9.90 Å². The van der Waals surface area contributed by atoms with Gasteiger partial charge in [0.25, 0.3) is 0 Å². The third kappa shape index (κ3) is 6.80. The van der Waals surface area contributed by atoms with Gasteiger partial charge in [-0.1, -0.05) is 27.2 Å². The number of aliphatic hydroxyl groups excluding tert-OH is 1. The number of hydrogen-bond donors (Lipinski definition) is 3. The van der Waals surface area contributed by atoms with Crippen molar-refractivity contribution in [3.63, 3.8) is 0 Å². The van der Waals surface area contributed by atoms with E-state index in [4.69, 9.17) is 5.73 Å². The SMILES string of the molecule is CCCC(O)CNC(=O)C(CN)CC(C)C. The number of carbonyl (C=O) groups excluding carboxylic acids is 1. The van der Waals surface area contributed by atoms with E-state index in [1.54, 1.807) is 0 Å². The molecule has 4 N–H and O–H groups in total. The van der Waals surface area contributed by atoms with Gasteiger partial charge in [-0.2, -0.15) is 0 Å². The van der Waals surface area contributed by atoms with Crippen molar-refractivity contribution < 1.29 is 9.90 Å². The summed E-state index contributed by atoms with van der Waals surface area (Å²) in [5, 5.41) is 12.2. The second-order valence-electron chi connectivity index (χ2n) is 4.75. The summed E-state index contributed by atoms with van der Waals surface area (Å²) in [4.78, 5) is 11.7. The van der Waals surface area contributed by atoms with E-state index in [-0.39, 0.29) is 11.8 Å². The second-order valence-corrected chi connectivity index (χ2v) is 4.75. The molecule has 0 radical (unpaired) electrons. The van der Waals surface area contributed by atoms with E-state index >= 15 is 0 Å². The molecule has 0 rings (SSSR count). The summed E-state index contributed by atoms with van der Waals surface area (Å²) in [7, 11) is 0. The van der Waals surface area contributed by atoms with Crippen LogP contribution in [0.4, 0.5) is 0 Å². The molecule has 0 aromatic heterocycles. The molecule has 0 fully saturated rings. The van der Waals surface area contributed by atoms with Crippen molar-refractivity contribution in [3.8, 4) is 0 Å². The quantitative estimate of drug-likeness (QED) is 0.579. The van der Waals surface area contributed by atoms with Crippen LogP contribution in [0.15, 0.2) is 0 Å². The van der Waals surface area contributed by atoms with Gasteiger partial charge in [-0.25, -0.2) is 0 Å². The number of nitrogens with one attached hydrogen (secondary N) is 1. The van der Waals surface area contributed by atoms with E-state index in [1.807, 2.05) is 6.92 Å². The number of amides is 1. The molecule has 96 valence electrons. The highest BCUT2D eigenvalue weighted by Crippen LogP contribution is 2.10. The average molecular weight is 230 g/mol. The lowest BCUT2D eigenvalue weighted by Crippen LogP contribution is -2.39. The first-order chi connectivity index (χ1) is 7.51. The summed E-state index contributed by atoms with van der Waals surface area (Å²) in [5.41, 5.74) is 5.56. The Balaban J connectivity index is 3.92. The third-order valence-corrected chi connectivity index (χ3v) is 2.55. The number of hydrogen-bond acceptors (Lipinski definition) is 3. The molecule has 0 spiro atoms. The Labute approximate surface area is 98.6 Å². The van der Waals surface area contributed by atoms with Crippen LogP contribution in [-0.2, 0) is 4.79 Å². The minimum atomic E-state index is -0.438. The van der Waals surface area contributed by atoms with Crippen molar-refractivity contribution >= 4 is 5.91 Å². The minimum absolute atomic E-state index is 0.0358. The fourth-order valence-electron chi connectivity index (χ4n) is 1.68. The van der Waals surface area contributed by atoms with Crippen molar-refractivity contribution in [3.05, 3.63) is 0 Å². The van der Waals surface area contributed by atoms with E-state index in [2.05, 4.69) is 19.2 Å². The summed E-state index contributed by atoms with van der Waals surface area (Å²) in [6.45, 7) is 6.85. The number of rotatable bonds is 8. The number of carbonyl (C=O) groups is 1. The van der Waals surface area contributed by atoms with E-state index < -0.39 is 6.10 Å². The molecule has 0 saturated heterocycles. The largest absolute Gasteiger partial charge is 0.391 e. The first-order valence-corrected chi connectivity index (χ1v) is 6.17. The molecular formula is C12H26N2O2. The summed E-state index contributed by atoms with van der Waals surface area (Å²) in [5.74, 6) is 0.292. The van der Waals surface area contributed by atoms with Crippen LogP contribution in [0.2, 0.25) is 0 Å². The Hall–Kier alpha value is -0.610. The molecule has 0 aliphatic carbocycles. The van der Waals surface area contributed by atoms with Crippen LogP contribution in [0.1, 0.15) is 40.0 Å². The molecule has 0 heterocycles. The van der Waals surface area contributed by atoms with Gasteiger partial charge in [-0.05, 0) is 18.8 Å². The maximum Gasteiger partial charge on any atom is 0.224 e. The van der Waals surface area contributed by atoms with Crippen LogP contribution < -0.4 is 11.1 Å². The van der Waals surface area contributed by atoms with E-state index in [0.717, 1.165) is 19.3 Å². The Bertz CT molecular complexity index is 195. The van der Waals surface area contributed by atoms with Gasteiger partial charge in [0.1, 0.15) is 0 Å². The van der Waals surface area contributed by atoms with Gasteiger partial charge in [-0.3, -0.25) is 4.79 Å². The highest BCUT2D eigenvalue weighted by Gasteiger charge is 2.18. The molecule has 0 aromatic rings. The lowest BCUT2D eigenvalue weighted by atomic mass is 9.96. The zero-order valence-electron chi connectivity index (χ0n) is 10.7. The van der Waals surface area contributed by atoms with Crippen molar-refractivity contribution in [2.75, 3.05) is 13.1 Å². The summed E-state index contributed by atoms with van der Waals surface area (Å²) in [6.07, 6.45) is 2.00. The Morgan fingerprint density at radius 3 is 2.50 bits per heavy atom. The molecule has 0 bridgehead atoms. The monoisotopic (exact) mass is 230 g/mol. The second kappa shape index (κ2) is 8.53.